The number of aryl methyl sites for hydroxylation is 4. The van der Waals surface area contributed by atoms with Crippen LogP contribution in [0.3, 0.4) is 0 Å². The normalized spacial score (nSPS) is 10.6. The maximum atomic E-state index is 2.43. The van der Waals surface area contributed by atoms with Crippen molar-refractivity contribution in [2.24, 2.45) is 0 Å². The first kappa shape index (κ1) is 34.2. The van der Waals surface area contributed by atoms with Crippen LogP contribution in [0.1, 0.15) is 153 Å². The first-order valence-electron chi connectivity index (χ1n) is 15.2. The van der Waals surface area contributed by atoms with Gasteiger partial charge in [-0.15, -0.1) is 0 Å². The molecule has 0 saturated carbocycles. The van der Waals surface area contributed by atoms with Gasteiger partial charge < -0.3 is 0 Å². The van der Waals surface area contributed by atoms with Crippen molar-refractivity contribution in [3.63, 3.8) is 0 Å². The molecule has 1 heteroatoms. The number of hydrogen-bond acceptors (Lipinski definition) is 0. The predicted octanol–water partition coefficient (Wildman–Crippen LogP) is 11.3. The van der Waals surface area contributed by atoms with Gasteiger partial charge in [-0.2, -0.15) is 46.5 Å². The Bertz CT molecular complexity index is 550. The first-order chi connectivity index (χ1) is 16.7. The van der Waals surface area contributed by atoms with Crippen LogP contribution in [0.4, 0.5) is 0 Å². The number of unbranched alkanes of at least 4 members (excludes halogenated alkanes) is 12. The van der Waals surface area contributed by atoms with Crippen LogP contribution in [0, 0.1) is 0 Å². The summed E-state index contributed by atoms with van der Waals surface area (Å²) in [7, 11) is 0. The Labute approximate surface area is 231 Å². The molecule has 0 saturated heterocycles. The average molecular weight is 523 g/mol. The van der Waals surface area contributed by atoms with E-state index >= 15 is 0 Å². The molecule has 0 fully saturated rings. The van der Waals surface area contributed by atoms with Crippen molar-refractivity contribution in [3.8, 4) is 0 Å². The van der Waals surface area contributed by atoms with Crippen molar-refractivity contribution in [2.45, 2.75) is 156 Å². The number of rotatable bonds is 20. The van der Waals surface area contributed by atoms with E-state index < -0.39 is 0 Å². The summed E-state index contributed by atoms with van der Waals surface area (Å²) in [6.45, 7) is 9.10. The van der Waals surface area contributed by atoms with E-state index in [2.05, 4.69) is 64.1 Å². The van der Waals surface area contributed by atoms with Crippen LogP contribution >= 0.6 is 0 Å². The second-order valence-corrected chi connectivity index (χ2v) is 10.5. The molecular formula is C34H58Fe. The van der Waals surface area contributed by atoms with Crippen LogP contribution in [-0.2, 0) is 42.8 Å². The fourth-order valence-corrected chi connectivity index (χ4v) is 4.74. The minimum absolute atomic E-state index is 0. The Hall–Kier alpha value is -0.781. The molecule has 2 rings (SSSR count). The largest absolute Gasteiger partial charge is 2.00 e. The van der Waals surface area contributed by atoms with E-state index in [1.165, 1.54) is 128 Å². The molecule has 0 aliphatic carbocycles. The molecule has 0 aromatic heterocycles. The van der Waals surface area contributed by atoms with Crippen LogP contribution in [-0.4, -0.2) is 0 Å². The van der Waals surface area contributed by atoms with Gasteiger partial charge in [-0.3, -0.25) is 0 Å². The summed E-state index contributed by atoms with van der Waals surface area (Å²) in [5, 5.41) is 0. The average Bonchev–Trinajstić information content (AvgIpc) is 3.50. The van der Waals surface area contributed by atoms with E-state index in [9.17, 15) is 0 Å². The van der Waals surface area contributed by atoms with Crippen molar-refractivity contribution in [3.05, 3.63) is 58.7 Å². The van der Waals surface area contributed by atoms with E-state index in [1.54, 1.807) is 22.3 Å². The third-order valence-electron chi connectivity index (χ3n) is 7.04. The van der Waals surface area contributed by atoms with Crippen LogP contribution in [0.5, 0.6) is 0 Å². The minimum Gasteiger partial charge on any atom is -0.210 e. The molecule has 35 heavy (non-hydrogen) atoms. The Kier molecular flexibility index (Phi) is 24.3. The van der Waals surface area contributed by atoms with Gasteiger partial charge in [0.15, 0.2) is 0 Å². The van der Waals surface area contributed by atoms with Crippen LogP contribution in [0.2, 0.25) is 0 Å². The molecule has 0 amide bonds. The monoisotopic (exact) mass is 522 g/mol. The van der Waals surface area contributed by atoms with Gasteiger partial charge in [-0.05, 0) is 0 Å². The van der Waals surface area contributed by atoms with Gasteiger partial charge in [0, 0.05) is 0 Å². The van der Waals surface area contributed by atoms with Crippen LogP contribution in [0.15, 0.2) is 36.4 Å². The maximum Gasteiger partial charge on any atom is 2.00 e. The van der Waals surface area contributed by atoms with E-state index in [4.69, 9.17) is 0 Å². The van der Waals surface area contributed by atoms with E-state index in [0.717, 1.165) is 0 Å². The molecule has 0 unspecified atom stereocenters. The summed E-state index contributed by atoms with van der Waals surface area (Å²) in [5.74, 6) is 0. The third kappa shape index (κ3) is 19.1. The topological polar surface area (TPSA) is 0 Å². The third-order valence-corrected chi connectivity index (χ3v) is 7.04. The summed E-state index contributed by atoms with van der Waals surface area (Å²) in [6, 6.07) is 14.2. The zero-order chi connectivity index (χ0) is 24.7. The molecule has 0 atom stereocenters. The summed E-state index contributed by atoms with van der Waals surface area (Å²) in [6.07, 6.45) is 27.1. The first-order valence-corrected chi connectivity index (χ1v) is 15.2. The second kappa shape index (κ2) is 24.9. The molecule has 0 N–H and O–H groups in total. The van der Waals surface area contributed by atoms with Gasteiger partial charge >= 0.3 is 17.1 Å². The van der Waals surface area contributed by atoms with Gasteiger partial charge in [0.1, 0.15) is 0 Å². The molecular weight excluding hydrogens is 464 g/mol. The molecule has 0 bridgehead atoms. The van der Waals surface area contributed by atoms with Crippen molar-refractivity contribution in [1.29, 1.82) is 0 Å². The molecule has 0 nitrogen and oxygen atoms in total. The molecule has 0 aliphatic heterocycles. The summed E-state index contributed by atoms with van der Waals surface area (Å²) in [5.41, 5.74) is 6.25. The SMILES string of the molecule is CCCCCCc1c[cH-]c(CCCCCC)c1.CCCCCCc1cc[c-](CCCCCC)c1.[Fe+2]. The quantitative estimate of drug-likeness (QED) is 0.0921. The standard InChI is InChI=1S/2C17H29.Fe/c2*1-3-5-7-9-11-16-13-14-17(15-16)12-10-8-6-4-2;/h2*13-15H,3-12H2,1-2H3;/q2*-1;+2. The van der Waals surface area contributed by atoms with Crippen molar-refractivity contribution < 1.29 is 17.1 Å². The molecule has 202 valence electrons. The molecule has 2 aromatic rings. The molecule has 0 spiro atoms. The van der Waals surface area contributed by atoms with Gasteiger partial charge in [0.05, 0.1) is 0 Å². The molecule has 2 aromatic carbocycles. The zero-order valence-electron chi connectivity index (χ0n) is 24.0. The predicted molar refractivity (Wildman–Crippen MR) is 155 cm³/mol. The Morgan fingerprint density at radius 2 is 1.11 bits per heavy atom. The summed E-state index contributed by atoms with van der Waals surface area (Å²) in [4.78, 5) is 0. The summed E-state index contributed by atoms with van der Waals surface area (Å²) < 4.78 is 0. The van der Waals surface area contributed by atoms with E-state index in [-0.39, 0.29) is 17.1 Å². The van der Waals surface area contributed by atoms with Gasteiger partial charge in [-0.1, -0.05) is 156 Å². The Balaban J connectivity index is 0.000000642. The van der Waals surface area contributed by atoms with Crippen molar-refractivity contribution in [2.75, 3.05) is 0 Å². The number of hydrogen-bond donors (Lipinski definition) is 0. The Morgan fingerprint density at radius 1 is 0.600 bits per heavy atom. The molecule has 0 aliphatic rings. The summed E-state index contributed by atoms with van der Waals surface area (Å²) >= 11 is 0. The fourth-order valence-electron chi connectivity index (χ4n) is 4.74. The zero-order valence-corrected chi connectivity index (χ0v) is 25.1. The maximum absolute atomic E-state index is 2.43. The molecule has 0 radical (unpaired) electrons. The second-order valence-electron chi connectivity index (χ2n) is 10.5. The van der Waals surface area contributed by atoms with Crippen LogP contribution < -0.4 is 0 Å². The van der Waals surface area contributed by atoms with Crippen molar-refractivity contribution >= 4 is 0 Å². The van der Waals surface area contributed by atoms with Gasteiger partial charge in [0.2, 0.25) is 0 Å². The molecule has 0 heterocycles. The van der Waals surface area contributed by atoms with Gasteiger partial charge in [-0.25, -0.2) is 12.1 Å². The van der Waals surface area contributed by atoms with Crippen molar-refractivity contribution in [1.82, 2.24) is 0 Å². The minimum atomic E-state index is 0. The van der Waals surface area contributed by atoms with Gasteiger partial charge in [0.25, 0.3) is 0 Å². The van der Waals surface area contributed by atoms with Crippen LogP contribution in [0.25, 0.3) is 0 Å². The fraction of sp³-hybridized carbons (Fsp3) is 0.706. The smallest absolute Gasteiger partial charge is 0.210 e. The van der Waals surface area contributed by atoms with E-state index in [0.29, 0.717) is 0 Å². The van der Waals surface area contributed by atoms with E-state index in [1.807, 2.05) is 0 Å². The Morgan fingerprint density at radius 3 is 1.69 bits per heavy atom.